The smallest absolute Gasteiger partial charge is 0.323 e. The summed E-state index contributed by atoms with van der Waals surface area (Å²) < 4.78 is 13.5. The van der Waals surface area contributed by atoms with Crippen molar-refractivity contribution in [3.8, 4) is 11.5 Å². The minimum atomic E-state index is -0.908. The Kier molecular flexibility index (Phi) is 10.4. The average Bonchev–Trinajstić information content (AvgIpc) is 3.14. The number of hydrogen-bond acceptors (Lipinski definition) is 7. The summed E-state index contributed by atoms with van der Waals surface area (Å²) in [5, 5.41) is 12.8. The number of nitrogens with zero attached hydrogens (tertiary/aromatic N) is 2. The number of imidazole rings is 1. The molecule has 8 nitrogen and oxygen atoms in total. The van der Waals surface area contributed by atoms with Gasteiger partial charge in [-0.25, -0.2) is 4.98 Å². The molecule has 0 radical (unpaired) electrons. The van der Waals surface area contributed by atoms with Crippen LogP contribution in [0.1, 0.15) is 19.4 Å². The van der Waals surface area contributed by atoms with Crippen molar-refractivity contribution in [3.63, 3.8) is 0 Å². The van der Waals surface area contributed by atoms with Gasteiger partial charge in [0.2, 0.25) is 0 Å². The molecule has 4 N–H and O–H groups in total. The minimum Gasteiger partial charge on any atom is -0.489 e. The van der Waals surface area contributed by atoms with E-state index in [1.54, 1.807) is 17.8 Å². The van der Waals surface area contributed by atoms with Crippen molar-refractivity contribution in [1.82, 2.24) is 14.9 Å². The van der Waals surface area contributed by atoms with E-state index < -0.39 is 5.97 Å². The van der Waals surface area contributed by atoms with Gasteiger partial charge in [-0.15, -0.1) is 0 Å². The largest absolute Gasteiger partial charge is 0.489 e. The van der Waals surface area contributed by atoms with Crippen molar-refractivity contribution in [2.75, 3.05) is 26.0 Å². The molecule has 3 aromatic rings. The summed E-state index contributed by atoms with van der Waals surface area (Å²) in [4.78, 5) is 15.9. The Morgan fingerprint density at radius 2 is 1.97 bits per heavy atom. The Hall–Kier alpha value is -3.33. The van der Waals surface area contributed by atoms with E-state index in [9.17, 15) is 9.90 Å². The first-order chi connectivity index (χ1) is 16.0. The van der Waals surface area contributed by atoms with Gasteiger partial charge in [0.05, 0.1) is 23.3 Å². The maximum Gasteiger partial charge on any atom is 0.323 e. The molecule has 2 aromatic carbocycles. The normalized spacial score (nSPS) is 11.0. The van der Waals surface area contributed by atoms with E-state index in [2.05, 4.69) is 10.3 Å². The summed E-state index contributed by atoms with van der Waals surface area (Å²) in [6.45, 7) is 6.47. The summed E-state index contributed by atoms with van der Waals surface area (Å²) in [5.74, 6) is 0.975. The Morgan fingerprint density at radius 3 is 2.70 bits per heavy atom. The molecule has 0 saturated heterocycles. The van der Waals surface area contributed by atoms with Crippen molar-refractivity contribution >= 4 is 28.8 Å². The standard InChI is InChI=1S/C22H26N4O4S.C2H6/c1-15-6-5-9-19(30-14-16(23)12-24-2)21(15)29-10-11-31-22-25-17-7-3-4-8-18(17)26(22)13-20(27)28;1-2/h3-9,12,24H,10-11,13-14,23H2,1-2H3,(H,27,28);1-2H3/b16-12-;. The molecule has 1 heterocycles. The topological polar surface area (TPSA) is 112 Å². The molecular weight excluding hydrogens is 440 g/mol. The Morgan fingerprint density at radius 1 is 1.21 bits per heavy atom. The van der Waals surface area contributed by atoms with E-state index in [0.29, 0.717) is 34.7 Å². The van der Waals surface area contributed by atoms with Crippen LogP contribution in [0, 0.1) is 6.92 Å². The zero-order valence-corrected chi connectivity index (χ0v) is 20.3. The lowest BCUT2D eigenvalue weighted by Crippen LogP contribution is -2.13. The lowest BCUT2D eigenvalue weighted by atomic mass is 10.2. The molecule has 0 aliphatic heterocycles. The van der Waals surface area contributed by atoms with Crippen LogP contribution in [0.5, 0.6) is 11.5 Å². The SMILES string of the molecule is CC.CN/C=C(\N)COc1cccc(C)c1OCCSc1nc2ccccc2n1CC(=O)O. The van der Waals surface area contributed by atoms with Crippen LogP contribution in [0.4, 0.5) is 0 Å². The van der Waals surface area contributed by atoms with E-state index in [1.165, 1.54) is 11.8 Å². The van der Waals surface area contributed by atoms with Crippen LogP contribution in [0.2, 0.25) is 0 Å². The summed E-state index contributed by atoms with van der Waals surface area (Å²) in [6, 6.07) is 13.2. The minimum absolute atomic E-state index is 0.138. The molecule has 0 amide bonds. The molecule has 0 unspecified atom stereocenters. The molecule has 0 saturated carbocycles. The van der Waals surface area contributed by atoms with Gasteiger partial charge in [0.1, 0.15) is 13.2 Å². The van der Waals surface area contributed by atoms with Gasteiger partial charge in [-0.05, 0) is 30.7 Å². The number of ether oxygens (including phenoxy) is 2. The number of para-hydroxylation sites is 3. The zero-order chi connectivity index (χ0) is 24.2. The van der Waals surface area contributed by atoms with Crippen LogP contribution < -0.4 is 20.5 Å². The van der Waals surface area contributed by atoms with Gasteiger partial charge in [0.15, 0.2) is 16.7 Å². The molecule has 3 rings (SSSR count). The second-order valence-electron chi connectivity index (χ2n) is 6.76. The highest BCUT2D eigenvalue weighted by atomic mass is 32.2. The number of aryl methyl sites for hydroxylation is 1. The first kappa shape index (κ1) is 25.9. The number of nitrogens with two attached hydrogens (primary N) is 1. The van der Waals surface area contributed by atoms with Crippen LogP contribution in [0.15, 0.2) is 59.5 Å². The summed E-state index contributed by atoms with van der Waals surface area (Å²) in [6.07, 6.45) is 1.68. The second kappa shape index (κ2) is 13.3. The number of thioether (sulfide) groups is 1. The second-order valence-corrected chi connectivity index (χ2v) is 7.82. The lowest BCUT2D eigenvalue weighted by Gasteiger charge is -2.15. The van der Waals surface area contributed by atoms with Gasteiger partial charge in [-0.1, -0.05) is 49.9 Å². The zero-order valence-electron chi connectivity index (χ0n) is 19.5. The van der Waals surface area contributed by atoms with Crippen molar-refractivity contribution in [1.29, 1.82) is 0 Å². The van der Waals surface area contributed by atoms with Crippen LogP contribution in [-0.4, -0.2) is 46.6 Å². The fourth-order valence-corrected chi connectivity index (χ4v) is 3.87. The molecular formula is C24H32N4O4S. The molecule has 33 heavy (non-hydrogen) atoms. The van der Waals surface area contributed by atoms with Crippen LogP contribution in [0.3, 0.4) is 0 Å². The number of benzene rings is 2. The number of carboxylic acids is 1. The van der Waals surface area contributed by atoms with E-state index in [4.69, 9.17) is 15.2 Å². The first-order valence-electron chi connectivity index (χ1n) is 10.8. The quantitative estimate of drug-likeness (QED) is 0.283. The fraction of sp³-hybridized carbons (Fsp3) is 0.333. The highest BCUT2D eigenvalue weighted by molar-refractivity contribution is 7.99. The highest BCUT2D eigenvalue weighted by Gasteiger charge is 2.14. The van der Waals surface area contributed by atoms with Gasteiger partial charge < -0.3 is 30.2 Å². The molecule has 0 aliphatic carbocycles. The summed E-state index contributed by atoms with van der Waals surface area (Å²) >= 11 is 1.46. The van der Waals surface area contributed by atoms with E-state index >= 15 is 0 Å². The Bertz CT molecular complexity index is 1080. The van der Waals surface area contributed by atoms with Crippen LogP contribution in [0.25, 0.3) is 11.0 Å². The van der Waals surface area contributed by atoms with E-state index in [-0.39, 0.29) is 13.2 Å². The van der Waals surface area contributed by atoms with Gasteiger partial charge in [-0.2, -0.15) is 0 Å². The van der Waals surface area contributed by atoms with Gasteiger partial charge in [-0.3, -0.25) is 4.79 Å². The molecule has 0 spiro atoms. The van der Waals surface area contributed by atoms with Crippen LogP contribution in [-0.2, 0) is 11.3 Å². The monoisotopic (exact) mass is 472 g/mol. The third kappa shape index (κ3) is 7.35. The number of carboxylic acid groups (broad SMARTS) is 1. The number of nitrogens with one attached hydrogen (secondary N) is 1. The predicted molar refractivity (Wildman–Crippen MR) is 133 cm³/mol. The predicted octanol–water partition coefficient (Wildman–Crippen LogP) is 4.02. The van der Waals surface area contributed by atoms with E-state index in [0.717, 1.165) is 16.6 Å². The highest BCUT2D eigenvalue weighted by Crippen LogP contribution is 2.31. The van der Waals surface area contributed by atoms with Crippen molar-refractivity contribution in [2.45, 2.75) is 32.5 Å². The van der Waals surface area contributed by atoms with Crippen LogP contribution >= 0.6 is 11.8 Å². The average molecular weight is 473 g/mol. The maximum absolute atomic E-state index is 11.3. The molecule has 0 bridgehead atoms. The fourth-order valence-electron chi connectivity index (χ4n) is 3.04. The van der Waals surface area contributed by atoms with E-state index in [1.807, 2.05) is 63.2 Å². The third-order valence-corrected chi connectivity index (χ3v) is 5.31. The van der Waals surface area contributed by atoms with Gasteiger partial charge in [0.25, 0.3) is 0 Å². The van der Waals surface area contributed by atoms with Crippen molar-refractivity contribution < 1.29 is 19.4 Å². The molecule has 0 aliphatic rings. The number of carbonyl (C=O) groups is 1. The first-order valence-corrected chi connectivity index (χ1v) is 11.7. The van der Waals surface area contributed by atoms with Crippen molar-refractivity contribution in [2.24, 2.45) is 5.73 Å². The number of aromatic nitrogens is 2. The molecule has 178 valence electrons. The molecule has 9 heteroatoms. The lowest BCUT2D eigenvalue weighted by molar-refractivity contribution is -0.137. The van der Waals surface area contributed by atoms with Gasteiger partial charge >= 0.3 is 5.97 Å². The molecule has 0 fully saturated rings. The number of aliphatic carboxylic acids is 1. The van der Waals surface area contributed by atoms with Crippen molar-refractivity contribution in [3.05, 3.63) is 59.9 Å². The molecule has 0 atom stereocenters. The summed E-state index contributed by atoms with van der Waals surface area (Å²) in [5.41, 5.74) is 8.97. The maximum atomic E-state index is 11.3. The third-order valence-electron chi connectivity index (χ3n) is 4.37. The summed E-state index contributed by atoms with van der Waals surface area (Å²) in [7, 11) is 1.77. The molecule has 1 aromatic heterocycles. The number of fused-ring (bicyclic) bond motifs is 1. The number of rotatable bonds is 11. The number of hydrogen-bond donors (Lipinski definition) is 3. The van der Waals surface area contributed by atoms with Gasteiger partial charge in [0, 0.05) is 19.0 Å². The Balaban J connectivity index is 0.00000187. The Labute approximate surface area is 198 Å².